The quantitative estimate of drug-likeness (QED) is 0.769. The molecule has 1 aliphatic rings. The van der Waals surface area contributed by atoms with Gasteiger partial charge in [0.2, 0.25) is 0 Å². The van der Waals surface area contributed by atoms with Gasteiger partial charge >= 0.3 is 0 Å². The number of fused-ring (bicyclic) bond motifs is 1. The van der Waals surface area contributed by atoms with E-state index in [1.807, 2.05) is 30.3 Å². The fourth-order valence-electron chi connectivity index (χ4n) is 3.11. The summed E-state index contributed by atoms with van der Waals surface area (Å²) in [5, 5.41) is 4.07. The van der Waals surface area contributed by atoms with Crippen LogP contribution < -0.4 is 11.5 Å². The van der Waals surface area contributed by atoms with E-state index in [1.54, 1.807) is 18.3 Å². The Labute approximate surface area is 144 Å². The lowest BCUT2D eigenvalue weighted by Gasteiger charge is -2.36. The lowest BCUT2D eigenvalue weighted by molar-refractivity contribution is 0.326. The van der Waals surface area contributed by atoms with Gasteiger partial charge in [-0.15, -0.1) is 0 Å². The predicted molar refractivity (Wildman–Crippen MR) is 94.0 cm³/mol. The molecule has 1 aliphatic heterocycles. The van der Waals surface area contributed by atoms with E-state index in [0.717, 1.165) is 16.8 Å². The van der Waals surface area contributed by atoms with Gasteiger partial charge in [-0.05, 0) is 35.9 Å². The smallest absolute Gasteiger partial charge is 0.139 e. The van der Waals surface area contributed by atoms with Crippen molar-refractivity contribution in [2.45, 2.75) is 18.0 Å². The molecular weight excluding hydrogens is 319 g/mol. The first kappa shape index (κ1) is 15.7. The summed E-state index contributed by atoms with van der Waals surface area (Å²) in [6, 6.07) is 15.1. The Kier molecular flexibility index (Phi) is 3.71. The number of halogens is 1. The number of nitrogens with two attached hydrogens (primary N) is 2. The topological polar surface area (TPSA) is 90.4 Å². The van der Waals surface area contributed by atoms with Crippen LogP contribution in [0.15, 0.2) is 64.1 Å². The Bertz CT molecular complexity index is 935. The number of hydrogen-bond donors (Lipinski definition) is 2. The molecule has 0 saturated carbocycles. The molecule has 2 atom stereocenters. The van der Waals surface area contributed by atoms with Crippen molar-refractivity contribution in [1.29, 1.82) is 0 Å². The molecule has 3 aromatic rings. The third-order valence-electron chi connectivity index (χ3n) is 4.54. The molecule has 0 spiro atoms. The molecule has 0 bridgehead atoms. The molecular formula is C19H17FN4O. The van der Waals surface area contributed by atoms with E-state index in [-0.39, 0.29) is 5.82 Å². The second-order valence-corrected chi connectivity index (χ2v) is 6.22. The number of nitrogens with zero attached hydrogens (tertiary/aromatic N) is 2. The predicted octanol–water partition coefficient (Wildman–Crippen LogP) is 2.92. The summed E-state index contributed by atoms with van der Waals surface area (Å²) in [5.74, 6) is 0.319. The molecule has 2 aromatic carbocycles. The van der Waals surface area contributed by atoms with Crippen LogP contribution in [-0.4, -0.2) is 17.4 Å². The fourth-order valence-corrected chi connectivity index (χ4v) is 3.11. The summed E-state index contributed by atoms with van der Waals surface area (Å²) in [7, 11) is 0. The van der Waals surface area contributed by atoms with Crippen molar-refractivity contribution in [2.24, 2.45) is 16.5 Å². The number of hydrogen-bond acceptors (Lipinski definition) is 5. The van der Waals surface area contributed by atoms with Gasteiger partial charge in [0.05, 0.1) is 17.3 Å². The van der Waals surface area contributed by atoms with Gasteiger partial charge in [-0.25, -0.2) is 4.39 Å². The highest BCUT2D eigenvalue weighted by atomic mass is 19.1. The molecule has 0 radical (unpaired) electrons. The fraction of sp³-hybridized carbons (Fsp3) is 0.158. The van der Waals surface area contributed by atoms with Crippen LogP contribution in [0.2, 0.25) is 0 Å². The Balaban J connectivity index is 1.66. The zero-order valence-corrected chi connectivity index (χ0v) is 13.4. The second kappa shape index (κ2) is 5.91. The van der Waals surface area contributed by atoms with Crippen molar-refractivity contribution < 1.29 is 8.91 Å². The van der Waals surface area contributed by atoms with Gasteiger partial charge in [-0.1, -0.05) is 23.4 Å². The third kappa shape index (κ3) is 2.75. The number of rotatable bonds is 3. The van der Waals surface area contributed by atoms with Crippen molar-refractivity contribution >= 4 is 11.9 Å². The van der Waals surface area contributed by atoms with E-state index < -0.39 is 11.6 Å². The largest absolute Gasteiger partial charge is 0.361 e. The highest BCUT2D eigenvalue weighted by molar-refractivity contribution is 5.77. The second-order valence-electron chi connectivity index (χ2n) is 6.22. The van der Waals surface area contributed by atoms with Crippen LogP contribution in [-0.2, 0) is 12.0 Å². The van der Waals surface area contributed by atoms with Crippen LogP contribution in [0.3, 0.4) is 0 Å². The Morgan fingerprint density at radius 3 is 2.68 bits per heavy atom. The Morgan fingerprint density at radius 1 is 1.12 bits per heavy atom. The standard InChI is InChI=1S/C19H17FN4O/c20-13-7-5-12(6-8-13)17-9-14(25-24-17)10-19(22)15-3-1-2-4-16(15)23-11-18(19)21/h1-9,11,18H,10,21-22H2. The van der Waals surface area contributed by atoms with E-state index in [0.29, 0.717) is 17.9 Å². The van der Waals surface area contributed by atoms with Gasteiger partial charge in [-0.2, -0.15) is 0 Å². The summed E-state index contributed by atoms with van der Waals surface area (Å²) in [5.41, 5.74) is 15.2. The van der Waals surface area contributed by atoms with Crippen molar-refractivity contribution in [3.8, 4) is 11.3 Å². The van der Waals surface area contributed by atoms with E-state index in [1.165, 1.54) is 12.1 Å². The number of aromatic nitrogens is 1. The summed E-state index contributed by atoms with van der Waals surface area (Å²) in [6.45, 7) is 0. The maximum absolute atomic E-state index is 13.1. The van der Waals surface area contributed by atoms with E-state index in [4.69, 9.17) is 16.0 Å². The SMILES string of the molecule is NC1C=Nc2ccccc2C1(N)Cc1cc(-c2ccc(F)cc2)no1. The summed E-state index contributed by atoms with van der Waals surface area (Å²) in [6.07, 6.45) is 2.05. The first-order valence-electron chi connectivity index (χ1n) is 7.96. The van der Waals surface area contributed by atoms with Crippen molar-refractivity contribution in [3.05, 3.63) is 71.7 Å². The van der Waals surface area contributed by atoms with Crippen LogP contribution in [0.25, 0.3) is 11.3 Å². The molecule has 25 heavy (non-hydrogen) atoms. The molecule has 0 aliphatic carbocycles. The lowest BCUT2D eigenvalue weighted by atomic mass is 9.78. The minimum Gasteiger partial charge on any atom is -0.361 e. The Morgan fingerprint density at radius 2 is 1.88 bits per heavy atom. The molecule has 2 unspecified atom stereocenters. The van der Waals surface area contributed by atoms with Crippen LogP contribution >= 0.6 is 0 Å². The minimum absolute atomic E-state index is 0.294. The van der Waals surface area contributed by atoms with E-state index >= 15 is 0 Å². The van der Waals surface area contributed by atoms with Crippen LogP contribution in [0.5, 0.6) is 0 Å². The zero-order chi connectivity index (χ0) is 17.4. The number of para-hydroxylation sites is 1. The number of benzene rings is 2. The van der Waals surface area contributed by atoms with Gasteiger partial charge in [0.15, 0.2) is 0 Å². The van der Waals surface area contributed by atoms with Gasteiger partial charge in [-0.3, -0.25) is 4.99 Å². The average molecular weight is 336 g/mol. The van der Waals surface area contributed by atoms with Crippen molar-refractivity contribution in [3.63, 3.8) is 0 Å². The molecule has 4 rings (SSSR count). The van der Waals surface area contributed by atoms with E-state index in [9.17, 15) is 4.39 Å². The molecule has 2 heterocycles. The van der Waals surface area contributed by atoms with Gasteiger partial charge in [0.25, 0.3) is 0 Å². The Hall–Kier alpha value is -2.83. The van der Waals surface area contributed by atoms with Crippen molar-refractivity contribution in [1.82, 2.24) is 5.16 Å². The number of aliphatic imine (C=N–C) groups is 1. The minimum atomic E-state index is -0.835. The molecule has 6 heteroatoms. The van der Waals surface area contributed by atoms with Gasteiger partial charge in [0.1, 0.15) is 17.3 Å². The van der Waals surface area contributed by atoms with E-state index in [2.05, 4.69) is 10.1 Å². The van der Waals surface area contributed by atoms with Gasteiger partial charge in [0, 0.05) is 24.3 Å². The summed E-state index contributed by atoms with van der Waals surface area (Å²) >= 11 is 0. The molecule has 126 valence electrons. The first-order chi connectivity index (χ1) is 12.1. The summed E-state index contributed by atoms with van der Waals surface area (Å²) in [4.78, 5) is 4.36. The average Bonchev–Trinajstić information content (AvgIpc) is 3.07. The van der Waals surface area contributed by atoms with Crippen molar-refractivity contribution in [2.75, 3.05) is 0 Å². The molecule has 0 amide bonds. The van der Waals surface area contributed by atoms with Crippen LogP contribution in [0, 0.1) is 5.82 Å². The third-order valence-corrected chi connectivity index (χ3v) is 4.54. The zero-order valence-electron chi connectivity index (χ0n) is 13.4. The molecule has 4 N–H and O–H groups in total. The highest BCUT2D eigenvalue weighted by Gasteiger charge is 2.39. The molecule has 1 aromatic heterocycles. The first-order valence-corrected chi connectivity index (χ1v) is 7.96. The maximum atomic E-state index is 13.1. The molecule has 5 nitrogen and oxygen atoms in total. The molecule has 0 saturated heterocycles. The lowest BCUT2D eigenvalue weighted by Crippen LogP contribution is -2.56. The summed E-state index contributed by atoms with van der Waals surface area (Å²) < 4.78 is 18.5. The monoisotopic (exact) mass is 336 g/mol. The normalized spacial score (nSPS) is 22.0. The van der Waals surface area contributed by atoms with Crippen LogP contribution in [0.1, 0.15) is 11.3 Å². The highest BCUT2D eigenvalue weighted by Crippen LogP contribution is 2.36. The van der Waals surface area contributed by atoms with Gasteiger partial charge < -0.3 is 16.0 Å². The van der Waals surface area contributed by atoms with Crippen LogP contribution in [0.4, 0.5) is 10.1 Å². The molecule has 0 fully saturated rings. The maximum Gasteiger partial charge on any atom is 0.139 e.